The molecule has 0 bridgehead atoms. The molecule has 6 nitrogen and oxygen atoms in total. The molecule has 0 saturated heterocycles. The van der Waals surface area contributed by atoms with Gasteiger partial charge in [0.25, 0.3) is 5.91 Å². The molecule has 2 N–H and O–H groups in total. The minimum Gasteiger partial charge on any atom is -0.494 e. The van der Waals surface area contributed by atoms with Crippen LogP contribution in [0.25, 0.3) is 0 Å². The SMILES string of the molecule is CCOc1ccccc1CCC(=O)Nc1ccc2c(c1)NC(=O)C(C)O2. The van der Waals surface area contributed by atoms with Crippen LogP contribution < -0.4 is 20.1 Å². The number of ether oxygens (including phenoxy) is 2. The zero-order chi connectivity index (χ0) is 18.5. The summed E-state index contributed by atoms with van der Waals surface area (Å²) in [6.45, 7) is 4.21. The first-order chi connectivity index (χ1) is 12.6. The lowest BCUT2D eigenvalue weighted by molar-refractivity contribution is -0.122. The lowest BCUT2D eigenvalue weighted by atomic mass is 10.1. The van der Waals surface area contributed by atoms with Gasteiger partial charge in [0.15, 0.2) is 6.10 Å². The van der Waals surface area contributed by atoms with Crippen molar-refractivity contribution >= 4 is 23.2 Å². The second-order valence-corrected chi connectivity index (χ2v) is 6.05. The van der Waals surface area contributed by atoms with Gasteiger partial charge in [0.2, 0.25) is 5.91 Å². The van der Waals surface area contributed by atoms with Gasteiger partial charge in [-0.3, -0.25) is 9.59 Å². The van der Waals surface area contributed by atoms with Crippen molar-refractivity contribution in [2.75, 3.05) is 17.2 Å². The Morgan fingerprint density at radius 3 is 2.88 bits per heavy atom. The average Bonchev–Trinajstić information content (AvgIpc) is 2.62. The van der Waals surface area contributed by atoms with Crippen molar-refractivity contribution in [3.63, 3.8) is 0 Å². The highest BCUT2D eigenvalue weighted by molar-refractivity contribution is 5.99. The molecule has 2 aromatic carbocycles. The molecule has 1 heterocycles. The van der Waals surface area contributed by atoms with Crippen molar-refractivity contribution in [3.05, 3.63) is 48.0 Å². The smallest absolute Gasteiger partial charge is 0.265 e. The van der Waals surface area contributed by atoms with Gasteiger partial charge in [0.05, 0.1) is 12.3 Å². The van der Waals surface area contributed by atoms with E-state index in [9.17, 15) is 9.59 Å². The number of benzene rings is 2. The van der Waals surface area contributed by atoms with Gasteiger partial charge in [-0.25, -0.2) is 0 Å². The molecule has 0 aromatic heterocycles. The highest BCUT2D eigenvalue weighted by atomic mass is 16.5. The highest BCUT2D eigenvalue weighted by Crippen LogP contribution is 2.32. The molecule has 1 aliphatic heterocycles. The van der Waals surface area contributed by atoms with Crippen molar-refractivity contribution in [1.82, 2.24) is 0 Å². The molecule has 2 aromatic rings. The second kappa shape index (κ2) is 7.91. The summed E-state index contributed by atoms with van der Waals surface area (Å²) < 4.78 is 11.1. The Balaban J connectivity index is 1.61. The molecule has 1 aliphatic rings. The van der Waals surface area contributed by atoms with E-state index in [2.05, 4.69) is 10.6 Å². The predicted molar refractivity (Wildman–Crippen MR) is 99.7 cm³/mol. The van der Waals surface area contributed by atoms with Gasteiger partial charge in [-0.05, 0) is 50.1 Å². The van der Waals surface area contributed by atoms with Crippen LogP contribution in [-0.4, -0.2) is 24.5 Å². The van der Waals surface area contributed by atoms with Crippen molar-refractivity contribution in [1.29, 1.82) is 0 Å². The van der Waals surface area contributed by atoms with Crippen LogP contribution in [0.5, 0.6) is 11.5 Å². The maximum atomic E-state index is 12.3. The van der Waals surface area contributed by atoms with Crippen LogP contribution in [0.3, 0.4) is 0 Å². The summed E-state index contributed by atoms with van der Waals surface area (Å²) in [6.07, 6.45) is 0.402. The fourth-order valence-electron chi connectivity index (χ4n) is 2.76. The number of hydrogen-bond donors (Lipinski definition) is 2. The number of aryl methyl sites for hydroxylation is 1. The van der Waals surface area contributed by atoms with E-state index in [-0.39, 0.29) is 11.8 Å². The fraction of sp³-hybridized carbons (Fsp3) is 0.300. The number of amides is 2. The summed E-state index contributed by atoms with van der Waals surface area (Å²) in [5, 5.41) is 5.62. The van der Waals surface area contributed by atoms with Gasteiger partial charge in [-0.15, -0.1) is 0 Å². The largest absolute Gasteiger partial charge is 0.494 e. The molecule has 2 amide bonds. The maximum Gasteiger partial charge on any atom is 0.265 e. The average molecular weight is 354 g/mol. The van der Waals surface area contributed by atoms with Crippen LogP contribution >= 0.6 is 0 Å². The van der Waals surface area contributed by atoms with E-state index in [0.717, 1.165) is 11.3 Å². The third-order valence-electron chi connectivity index (χ3n) is 4.09. The predicted octanol–water partition coefficient (Wildman–Crippen LogP) is 3.38. The molecular formula is C20H22N2O4. The van der Waals surface area contributed by atoms with Crippen LogP contribution in [0.15, 0.2) is 42.5 Å². The van der Waals surface area contributed by atoms with Crippen LogP contribution in [0.1, 0.15) is 25.8 Å². The van der Waals surface area contributed by atoms with E-state index in [1.807, 2.05) is 31.2 Å². The summed E-state index contributed by atoms with van der Waals surface area (Å²) in [5.41, 5.74) is 2.18. The van der Waals surface area contributed by atoms with Crippen molar-refractivity contribution in [3.8, 4) is 11.5 Å². The van der Waals surface area contributed by atoms with Gasteiger partial charge in [0.1, 0.15) is 11.5 Å². The summed E-state index contributed by atoms with van der Waals surface area (Å²) in [6, 6.07) is 12.9. The van der Waals surface area contributed by atoms with Gasteiger partial charge >= 0.3 is 0 Å². The second-order valence-electron chi connectivity index (χ2n) is 6.05. The van der Waals surface area contributed by atoms with Gasteiger partial charge in [-0.1, -0.05) is 18.2 Å². The molecule has 3 rings (SSSR count). The summed E-state index contributed by atoms with van der Waals surface area (Å²) in [7, 11) is 0. The van der Waals surface area contributed by atoms with E-state index in [1.165, 1.54) is 0 Å². The lowest BCUT2D eigenvalue weighted by Crippen LogP contribution is -2.34. The molecule has 0 saturated carbocycles. The normalized spacial score (nSPS) is 15.5. The van der Waals surface area contributed by atoms with Crippen LogP contribution in [0.4, 0.5) is 11.4 Å². The van der Waals surface area contributed by atoms with E-state index in [0.29, 0.717) is 36.6 Å². The van der Waals surface area contributed by atoms with E-state index in [1.54, 1.807) is 25.1 Å². The van der Waals surface area contributed by atoms with Crippen molar-refractivity contribution in [2.24, 2.45) is 0 Å². The molecule has 0 spiro atoms. The van der Waals surface area contributed by atoms with Crippen LogP contribution in [-0.2, 0) is 16.0 Å². The van der Waals surface area contributed by atoms with Crippen molar-refractivity contribution < 1.29 is 19.1 Å². The van der Waals surface area contributed by atoms with E-state index >= 15 is 0 Å². The van der Waals surface area contributed by atoms with Gasteiger partial charge in [0, 0.05) is 12.1 Å². The third-order valence-corrected chi connectivity index (χ3v) is 4.09. The standard InChI is InChI=1S/C20H22N2O4/c1-3-25-17-7-5-4-6-14(17)8-11-19(23)21-15-9-10-18-16(12-15)22-20(24)13(2)26-18/h4-7,9-10,12-13H,3,8,11H2,1-2H3,(H,21,23)(H,22,24). The molecular weight excluding hydrogens is 332 g/mol. The fourth-order valence-corrected chi connectivity index (χ4v) is 2.76. The monoisotopic (exact) mass is 354 g/mol. The Bertz CT molecular complexity index is 819. The zero-order valence-corrected chi connectivity index (χ0v) is 14.9. The molecule has 0 radical (unpaired) electrons. The van der Waals surface area contributed by atoms with Crippen LogP contribution in [0.2, 0.25) is 0 Å². The highest BCUT2D eigenvalue weighted by Gasteiger charge is 2.23. The maximum absolute atomic E-state index is 12.3. The Morgan fingerprint density at radius 2 is 2.08 bits per heavy atom. The number of rotatable bonds is 6. The zero-order valence-electron chi connectivity index (χ0n) is 14.9. The summed E-state index contributed by atoms with van der Waals surface area (Å²) >= 11 is 0. The molecule has 0 aliphatic carbocycles. The minimum absolute atomic E-state index is 0.104. The van der Waals surface area contributed by atoms with E-state index < -0.39 is 6.10 Å². The first kappa shape index (κ1) is 17.8. The molecule has 1 atom stereocenters. The summed E-state index contributed by atoms with van der Waals surface area (Å²) in [4.78, 5) is 24.0. The first-order valence-corrected chi connectivity index (χ1v) is 8.69. The van der Waals surface area contributed by atoms with Gasteiger partial charge in [-0.2, -0.15) is 0 Å². The van der Waals surface area contributed by atoms with Crippen molar-refractivity contribution in [2.45, 2.75) is 32.8 Å². The molecule has 0 fully saturated rings. The number of carbonyl (C=O) groups is 2. The lowest BCUT2D eigenvalue weighted by Gasteiger charge is -2.23. The quantitative estimate of drug-likeness (QED) is 0.834. The van der Waals surface area contributed by atoms with Crippen LogP contribution in [0, 0.1) is 0 Å². The molecule has 6 heteroatoms. The number of anilines is 2. The molecule has 26 heavy (non-hydrogen) atoms. The van der Waals surface area contributed by atoms with E-state index in [4.69, 9.17) is 9.47 Å². The Labute approximate surface area is 152 Å². The number of hydrogen-bond acceptors (Lipinski definition) is 4. The minimum atomic E-state index is -0.520. The Morgan fingerprint density at radius 1 is 1.27 bits per heavy atom. The number of carbonyl (C=O) groups excluding carboxylic acids is 2. The number of para-hydroxylation sites is 1. The third kappa shape index (κ3) is 4.14. The summed E-state index contributed by atoms with van der Waals surface area (Å²) in [5.74, 6) is 1.10. The van der Waals surface area contributed by atoms with Gasteiger partial charge < -0.3 is 20.1 Å². The molecule has 1 unspecified atom stereocenters. The first-order valence-electron chi connectivity index (χ1n) is 8.69. The topological polar surface area (TPSA) is 76.7 Å². The Kier molecular flexibility index (Phi) is 5.41. The number of fused-ring (bicyclic) bond motifs is 1. The Hall–Kier alpha value is -3.02. The molecule has 136 valence electrons. The number of nitrogens with one attached hydrogen (secondary N) is 2.